The molecule has 88 valence electrons. The monoisotopic (exact) mass is 227 g/mol. The van der Waals surface area contributed by atoms with Crippen molar-refractivity contribution in [2.45, 2.75) is 18.9 Å². The van der Waals surface area contributed by atoms with Crippen LogP contribution in [0.3, 0.4) is 0 Å². The van der Waals surface area contributed by atoms with Gasteiger partial charge in [-0.05, 0) is 24.6 Å². The Bertz CT molecular complexity index is 404. The summed E-state index contributed by atoms with van der Waals surface area (Å²) in [7, 11) is 1.36. The maximum Gasteiger partial charge on any atom is 0.323 e. The first-order valence-corrected chi connectivity index (χ1v) is 4.71. The van der Waals surface area contributed by atoms with E-state index >= 15 is 0 Å². The molecular weight excluding hydrogens is 213 g/mol. The summed E-state index contributed by atoms with van der Waals surface area (Å²) in [5.74, 6) is -1.53. The fraction of sp³-hybridized carbons (Fsp3) is 0.364. The molecule has 16 heavy (non-hydrogen) atoms. The van der Waals surface area contributed by atoms with E-state index in [0.717, 1.165) is 0 Å². The third-order valence-corrected chi connectivity index (χ3v) is 2.28. The molecule has 0 aliphatic carbocycles. The third kappa shape index (κ3) is 2.70. The molecule has 1 atom stereocenters. The zero-order valence-corrected chi connectivity index (χ0v) is 9.16. The molecule has 1 aromatic rings. The van der Waals surface area contributed by atoms with Gasteiger partial charge in [0.2, 0.25) is 0 Å². The zero-order valence-electron chi connectivity index (χ0n) is 9.16. The summed E-state index contributed by atoms with van der Waals surface area (Å²) in [4.78, 5) is 10.8. The summed E-state index contributed by atoms with van der Waals surface area (Å²) in [5, 5.41) is 8.83. The topological polar surface area (TPSA) is 72.5 Å². The summed E-state index contributed by atoms with van der Waals surface area (Å²) in [6, 6.07) is 4.27. The lowest BCUT2D eigenvalue weighted by atomic mass is 9.94. The van der Waals surface area contributed by atoms with E-state index in [4.69, 9.17) is 15.6 Å². The van der Waals surface area contributed by atoms with Gasteiger partial charge >= 0.3 is 5.97 Å². The molecule has 0 unspecified atom stereocenters. The van der Waals surface area contributed by atoms with E-state index in [9.17, 15) is 9.18 Å². The van der Waals surface area contributed by atoms with Gasteiger partial charge in [-0.25, -0.2) is 4.39 Å². The molecule has 0 fully saturated rings. The number of methoxy groups -OCH3 is 1. The molecular formula is C11H14FNO3. The zero-order chi connectivity index (χ0) is 12.3. The lowest BCUT2D eigenvalue weighted by molar-refractivity contribution is -0.142. The lowest BCUT2D eigenvalue weighted by Gasteiger charge is -2.19. The van der Waals surface area contributed by atoms with Gasteiger partial charge in [-0.1, -0.05) is 6.07 Å². The number of nitrogens with two attached hydrogens (primary N) is 1. The maximum absolute atomic E-state index is 13.3. The highest BCUT2D eigenvalue weighted by atomic mass is 19.1. The summed E-state index contributed by atoms with van der Waals surface area (Å²) < 4.78 is 18.1. The minimum absolute atomic E-state index is 0.0588. The quantitative estimate of drug-likeness (QED) is 0.810. The average Bonchev–Trinajstić information content (AvgIpc) is 2.17. The van der Waals surface area contributed by atoms with Crippen LogP contribution in [0.15, 0.2) is 18.2 Å². The van der Waals surface area contributed by atoms with Crippen LogP contribution in [-0.2, 0) is 11.2 Å². The highest BCUT2D eigenvalue weighted by Gasteiger charge is 2.28. The fourth-order valence-electron chi connectivity index (χ4n) is 1.32. The molecule has 0 spiro atoms. The molecule has 1 rings (SSSR count). The van der Waals surface area contributed by atoms with E-state index in [2.05, 4.69) is 0 Å². The van der Waals surface area contributed by atoms with Crippen molar-refractivity contribution in [2.24, 2.45) is 5.73 Å². The molecule has 0 heterocycles. The van der Waals surface area contributed by atoms with Crippen LogP contribution in [0.25, 0.3) is 0 Å². The summed E-state index contributed by atoms with van der Waals surface area (Å²) in [5.41, 5.74) is 4.68. The van der Waals surface area contributed by atoms with Gasteiger partial charge in [-0.15, -0.1) is 0 Å². The molecule has 0 aliphatic heterocycles. The average molecular weight is 227 g/mol. The smallest absolute Gasteiger partial charge is 0.323 e. The Balaban J connectivity index is 2.91. The van der Waals surface area contributed by atoms with Crippen LogP contribution in [0.1, 0.15) is 12.5 Å². The fourth-order valence-corrected chi connectivity index (χ4v) is 1.32. The molecule has 0 saturated carbocycles. The number of ether oxygens (including phenoxy) is 1. The standard InChI is InChI=1S/C11H14FNO3/c1-11(13,10(14)15)6-7-3-4-9(16-2)8(12)5-7/h3-5H,6,13H2,1-2H3,(H,14,15)/t11-/m0/s1. The molecule has 5 heteroatoms. The lowest BCUT2D eigenvalue weighted by Crippen LogP contribution is -2.46. The van der Waals surface area contributed by atoms with Crippen molar-refractivity contribution in [1.82, 2.24) is 0 Å². The van der Waals surface area contributed by atoms with E-state index in [0.29, 0.717) is 5.56 Å². The molecule has 0 amide bonds. The van der Waals surface area contributed by atoms with E-state index in [1.807, 2.05) is 0 Å². The van der Waals surface area contributed by atoms with Crippen molar-refractivity contribution in [3.8, 4) is 5.75 Å². The largest absolute Gasteiger partial charge is 0.494 e. The molecule has 0 radical (unpaired) electrons. The predicted octanol–water partition coefficient (Wildman–Crippen LogP) is 1.18. The maximum atomic E-state index is 13.3. The Morgan fingerprint density at radius 3 is 2.69 bits per heavy atom. The second-order valence-electron chi connectivity index (χ2n) is 3.87. The van der Waals surface area contributed by atoms with E-state index < -0.39 is 17.3 Å². The van der Waals surface area contributed by atoms with Crippen LogP contribution < -0.4 is 10.5 Å². The second-order valence-corrected chi connectivity index (χ2v) is 3.87. The molecule has 0 saturated heterocycles. The van der Waals surface area contributed by atoms with Gasteiger partial charge < -0.3 is 15.6 Å². The van der Waals surface area contributed by atoms with Crippen molar-refractivity contribution in [3.05, 3.63) is 29.6 Å². The Hall–Kier alpha value is -1.62. The van der Waals surface area contributed by atoms with Crippen LogP contribution in [0, 0.1) is 5.82 Å². The molecule has 1 aromatic carbocycles. The molecule has 4 nitrogen and oxygen atoms in total. The van der Waals surface area contributed by atoms with Crippen molar-refractivity contribution < 1.29 is 19.0 Å². The first-order chi connectivity index (χ1) is 7.36. The number of carboxylic acid groups (broad SMARTS) is 1. The van der Waals surface area contributed by atoms with Gasteiger partial charge in [-0.2, -0.15) is 0 Å². The first-order valence-electron chi connectivity index (χ1n) is 4.71. The van der Waals surface area contributed by atoms with Gasteiger partial charge in [0.25, 0.3) is 0 Å². The second kappa shape index (κ2) is 4.49. The van der Waals surface area contributed by atoms with Gasteiger partial charge in [0.05, 0.1) is 7.11 Å². The van der Waals surface area contributed by atoms with Crippen LogP contribution in [0.2, 0.25) is 0 Å². The highest BCUT2D eigenvalue weighted by Crippen LogP contribution is 2.20. The van der Waals surface area contributed by atoms with Crippen LogP contribution >= 0.6 is 0 Å². The molecule has 0 aromatic heterocycles. The molecule has 0 bridgehead atoms. The number of halogens is 1. The summed E-state index contributed by atoms with van der Waals surface area (Å²) in [6.07, 6.45) is 0.0588. The Kier molecular flexibility index (Phi) is 3.49. The highest BCUT2D eigenvalue weighted by molar-refractivity contribution is 5.78. The van der Waals surface area contributed by atoms with Crippen molar-refractivity contribution in [1.29, 1.82) is 0 Å². The Morgan fingerprint density at radius 2 is 2.25 bits per heavy atom. The number of carbonyl (C=O) groups is 1. The number of rotatable bonds is 4. The van der Waals surface area contributed by atoms with Crippen molar-refractivity contribution >= 4 is 5.97 Å². The number of aliphatic carboxylic acids is 1. The van der Waals surface area contributed by atoms with Gasteiger partial charge in [0.1, 0.15) is 5.54 Å². The summed E-state index contributed by atoms with van der Waals surface area (Å²) in [6.45, 7) is 1.39. The van der Waals surface area contributed by atoms with Crippen LogP contribution in [0.5, 0.6) is 5.75 Å². The van der Waals surface area contributed by atoms with E-state index in [-0.39, 0.29) is 12.2 Å². The first kappa shape index (κ1) is 12.4. The van der Waals surface area contributed by atoms with E-state index in [1.165, 1.54) is 26.2 Å². The Labute approximate surface area is 92.8 Å². The number of carboxylic acids is 1. The van der Waals surface area contributed by atoms with E-state index in [1.54, 1.807) is 6.07 Å². The van der Waals surface area contributed by atoms with Crippen LogP contribution in [-0.4, -0.2) is 23.7 Å². The van der Waals surface area contributed by atoms with Gasteiger partial charge in [-0.3, -0.25) is 4.79 Å². The SMILES string of the molecule is COc1ccc(C[C@](C)(N)C(=O)O)cc1F. The predicted molar refractivity (Wildman–Crippen MR) is 56.9 cm³/mol. The number of benzene rings is 1. The van der Waals surface area contributed by atoms with Crippen molar-refractivity contribution in [2.75, 3.05) is 7.11 Å². The minimum Gasteiger partial charge on any atom is -0.494 e. The Morgan fingerprint density at radius 1 is 1.62 bits per heavy atom. The number of hydrogen-bond donors (Lipinski definition) is 2. The third-order valence-electron chi connectivity index (χ3n) is 2.28. The van der Waals surface area contributed by atoms with Gasteiger partial charge in [0.15, 0.2) is 11.6 Å². The molecule has 0 aliphatic rings. The normalized spacial score (nSPS) is 14.2. The molecule has 3 N–H and O–H groups in total. The number of hydrogen-bond acceptors (Lipinski definition) is 3. The van der Waals surface area contributed by atoms with Gasteiger partial charge in [0, 0.05) is 6.42 Å². The van der Waals surface area contributed by atoms with Crippen molar-refractivity contribution in [3.63, 3.8) is 0 Å². The summed E-state index contributed by atoms with van der Waals surface area (Å²) >= 11 is 0. The minimum atomic E-state index is -1.40. The van der Waals surface area contributed by atoms with Crippen LogP contribution in [0.4, 0.5) is 4.39 Å².